The van der Waals surface area contributed by atoms with Gasteiger partial charge in [0.1, 0.15) is 22.3 Å². The van der Waals surface area contributed by atoms with Crippen molar-refractivity contribution in [1.29, 1.82) is 0 Å². The summed E-state index contributed by atoms with van der Waals surface area (Å²) in [4.78, 5) is 1.52. The number of thiocarbonyl (C=S) groups is 1. The molecule has 18 heavy (non-hydrogen) atoms. The van der Waals surface area contributed by atoms with Gasteiger partial charge in [-0.15, -0.1) is 0 Å². The number of anilines is 1. The molecule has 1 saturated carbocycles. The van der Waals surface area contributed by atoms with Crippen molar-refractivity contribution in [3.05, 3.63) is 29.3 Å². The first-order chi connectivity index (χ1) is 8.54. The summed E-state index contributed by atoms with van der Waals surface area (Å²) in [5.74, 6) is -1.39. The highest BCUT2D eigenvalue weighted by atomic mass is 32.1. The maximum absolute atomic E-state index is 14.0. The van der Waals surface area contributed by atoms with Crippen LogP contribution in [0, 0.1) is 11.6 Å². The number of nitrogens with zero attached hydrogens (tertiary/aromatic N) is 1. The average Bonchev–Trinajstić information content (AvgIpc) is 3.10. The van der Waals surface area contributed by atoms with Crippen molar-refractivity contribution in [3.63, 3.8) is 0 Å². The third-order valence-corrected chi connectivity index (χ3v) is 3.15. The molecule has 1 aliphatic rings. The third kappa shape index (κ3) is 2.59. The molecule has 1 aromatic rings. The molecule has 0 aromatic heterocycles. The highest BCUT2D eigenvalue weighted by Crippen LogP contribution is 2.34. The second kappa shape index (κ2) is 5.16. The number of nitrogens with two attached hydrogens (primary N) is 1. The Hall–Kier alpha value is -1.27. The van der Waals surface area contributed by atoms with Crippen molar-refractivity contribution in [2.75, 3.05) is 18.1 Å². The minimum atomic E-state index is -0.696. The van der Waals surface area contributed by atoms with Crippen molar-refractivity contribution in [2.45, 2.75) is 18.9 Å². The highest BCUT2D eigenvalue weighted by Gasteiger charge is 2.32. The Kier molecular flexibility index (Phi) is 3.77. The molecular formula is C12H14F2N2OS. The second-order valence-electron chi connectivity index (χ2n) is 4.30. The lowest BCUT2D eigenvalue weighted by molar-refractivity contribution is 0.300. The van der Waals surface area contributed by atoms with E-state index in [-0.39, 0.29) is 35.4 Å². The molecule has 2 rings (SSSR count). The molecule has 3 nitrogen and oxygen atoms in total. The van der Waals surface area contributed by atoms with Gasteiger partial charge in [0.15, 0.2) is 0 Å². The van der Waals surface area contributed by atoms with Crippen LogP contribution in [0.15, 0.2) is 12.1 Å². The molecule has 0 heterocycles. The van der Waals surface area contributed by atoms with Crippen molar-refractivity contribution >= 4 is 22.9 Å². The Morgan fingerprint density at radius 3 is 2.33 bits per heavy atom. The minimum Gasteiger partial charge on any atom is -0.395 e. The number of halogens is 2. The van der Waals surface area contributed by atoms with Crippen LogP contribution in [0.4, 0.5) is 14.5 Å². The molecule has 0 atom stereocenters. The first-order valence-corrected chi connectivity index (χ1v) is 6.11. The lowest BCUT2D eigenvalue weighted by Crippen LogP contribution is -2.31. The molecule has 1 fully saturated rings. The molecule has 0 aliphatic heterocycles. The SMILES string of the molecule is NC(=S)c1cc(F)c(N(CCO)C2CC2)c(F)c1. The summed E-state index contributed by atoms with van der Waals surface area (Å²) in [6.07, 6.45) is 1.77. The molecule has 1 aromatic carbocycles. The molecule has 6 heteroatoms. The van der Waals surface area contributed by atoms with Gasteiger partial charge in [-0.05, 0) is 25.0 Å². The van der Waals surface area contributed by atoms with Crippen molar-refractivity contribution in [2.24, 2.45) is 5.73 Å². The summed E-state index contributed by atoms with van der Waals surface area (Å²) in [7, 11) is 0. The molecule has 98 valence electrons. The summed E-state index contributed by atoms with van der Waals surface area (Å²) >= 11 is 4.70. The first-order valence-electron chi connectivity index (χ1n) is 5.71. The molecule has 0 radical (unpaired) electrons. The van der Waals surface area contributed by atoms with E-state index in [0.717, 1.165) is 25.0 Å². The molecule has 0 spiro atoms. The zero-order chi connectivity index (χ0) is 13.3. The fourth-order valence-corrected chi connectivity index (χ4v) is 2.07. The molecule has 0 amide bonds. The largest absolute Gasteiger partial charge is 0.395 e. The van der Waals surface area contributed by atoms with E-state index in [2.05, 4.69) is 0 Å². The normalized spacial score (nSPS) is 14.6. The fraction of sp³-hybridized carbons (Fsp3) is 0.417. The minimum absolute atomic E-state index is 0.0421. The topological polar surface area (TPSA) is 49.5 Å². The van der Waals surface area contributed by atoms with Crippen LogP contribution in [0.2, 0.25) is 0 Å². The summed E-state index contributed by atoms with van der Waals surface area (Å²) in [5, 5.41) is 8.97. The number of benzene rings is 1. The van der Waals surface area contributed by atoms with Gasteiger partial charge in [-0.3, -0.25) is 0 Å². The zero-order valence-electron chi connectivity index (χ0n) is 9.70. The lowest BCUT2D eigenvalue weighted by Gasteiger charge is -2.25. The summed E-state index contributed by atoms with van der Waals surface area (Å²) in [6.45, 7) is 0.0668. The molecular weight excluding hydrogens is 258 g/mol. The maximum Gasteiger partial charge on any atom is 0.150 e. The Morgan fingerprint density at radius 2 is 1.94 bits per heavy atom. The van der Waals surface area contributed by atoms with E-state index in [1.807, 2.05) is 0 Å². The Morgan fingerprint density at radius 1 is 1.39 bits per heavy atom. The van der Waals surface area contributed by atoms with Crippen LogP contribution < -0.4 is 10.6 Å². The van der Waals surface area contributed by atoms with Gasteiger partial charge in [-0.1, -0.05) is 12.2 Å². The maximum atomic E-state index is 14.0. The number of hydrogen-bond donors (Lipinski definition) is 2. The van der Waals surface area contributed by atoms with Crippen LogP contribution in [0.5, 0.6) is 0 Å². The standard InChI is InChI=1S/C12H14F2N2OS/c13-9-5-7(12(15)18)6-10(14)11(9)16(3-4-17)8-1-2-8/h5-6,8,17H,1-4H2,(H2,15,18). The number of aliphatic hydroxyl groups excluding tert-OH is 1. The van der Waals surface area contributed by atoms with E-state index >= 15 is 0 Å². The van der Waals surface area contributed by atoms with E-state index in [9.17, 15) is 8.78 Å². The summed E-state index contributed by atoms with van der Waals surface area (Å²) < 4.78 is 27.9. The van der Waals surface area contributed by atoms with Crippen LogP contribution in [-0.2, 0) is 0 Å². The van der Waals surface area contributed by atoms with E-state index in [1.165, 1.54) is 0 Å². The van der Waals surface area contributed by atoms with E-state index < -0.39 is 11.6 Å². The van der Waals surface area contributed by atoms with E-state index in [4.69, 9.17) is 23.1 Å². The summed E-state index contributed by atoms with van der Waals surface area (Å²) in [5.41, 5.74) is 5.42. The Balaban J connectivity index is 2.39. The fourth-order valence-electron chi connectivity index (χ4n) is 1.95. The van der Waals surface area contributed by atoms with Gasteiger partial charge in [0, 0.05) is 18.2 Å². The van der Waals surface area contributed by atoms with Crippen molar-refractivity contribution in [1.82, 2.24) is 0 Å². The van der Waals surface area contributed by atoms with Crippen LogP contribution >= 0.6 is 12.2 Å². The smallest absolute Gasteiger partial charge is 0.150 e. The van der Waals surface area contributed by atoms with Crippen molar-refractivity contribution in [3.8, 4) is 0 Å². The monoisotopic (exact) mass is 272 g/mol. The van der Waals surface area contributed by atoms with Gasteiger partial charge in [-0.2, -0.15) is 0 Å². The quantitative estimate of drug-likeness (QED) is 0.799. The van der Waals surface area contributed by atoms with Crippen LogP contribution in [0.25, 0.3) is 0 Å². The highest BCUT2D eigenvalue weighted by molar-refractivity contribution is 7.80. The average molecular weight is 272 g/mol. The second-order valence-corrected chi connectivity index (χ2v) is 4.74. The number of aliphatic hydroxyl groups is 1. The third-order valence-electron chi connectivity index (χ3n) is 2.92. The van der Waals surface area contributed by atoms with E-state index in [1.54, 1.807) is 4.90 Å². The Labute approximate surface area is 109 Å². The molecule has 3 N–H and O–H groups in total. The van der Waals surface area contributed by atoms with Gasteiger partial charge in [0.25, 0.3) is 0 Å². The van der Waals surface area contributed by atoms with Gasteiger partial charge < -0.3 is 15.7 Å². The van der Waals surface area contributed by atoms with Gasteiger partial charge in [0.05, 0.1) is 6.61 Å². The predicted molar refractivity (Wildman–Crippen MR) is 69.7 cm³/mol. The molecule has 0 saturated heterocycles. The van der Waals surface area contributed by atoms with Crippen molar-refractivity contribution < 1.29 is 13.9 Å². The van der Waals surface area contributed by atoms with Gasteiger partial charge >= 0.3 is 0 Å². The van der Waals surface area contributed by atoms with Gasteiger partial charge in [-0.25, -0.2) is 8.78 Å². The van der Waals surface area contributed by atoms with Crippen LogP contribution in [-0.4, -0.2) is 29.3 Å². The predicted octanol–water partition coefficient (Wildman–Crippen LogP) is 1.56. The molecule has 1 aliphatic carbocycles. The van der Waals surface area contributed by atoms with Crippen LogP contribution in [0.1, 0.15) is 18.4 Å². The zero-order valence-corrected chi connectivity index (χ0v) is 10.5. The summed E-state index contributed by atoms with van der Waals surface area (Å²) in [6, 6.07) is 2.37. The number of rotatable bonds is 5. The molecule has 0 unspecified atom stereocenters. The lowest BCUT2D eigenvalue weighted by atomic mass is 10.1. The molecule has 0 bridgehead atoms. The van der Waals surface area contributed by atoms with Crippen LogP contribution in [0.3, 0.4) is 0 Å². The Bertz CT molecular complexity index is 454. The number of hydrogen-bond acceptors (Lipinski definition) is 3. The first kappa shape index (κ1) is 13.2. The van der Waals surface area contributed by atoms with Gasteiger partial charge in [0.2, 0.25) is 0 Å². The van der Waals surface area contributed by atoms with E-state index in [0.29, 0.717) is 0 Å².